The van der Waals surface area contributed by atoms with Crippen molar-refractivity contribution in [2.75, 3.05) is 0 Å². The quantitative estimate of drug-likeness (QED) is 0.283. The second-order valence-electron chi connectivity index (χ2n) is 12.5. The SMILES string of the molecule is CC(C)c1cccc(C(C)C)c1[N+]1=Cc2cc(C(C)(C)C)cc3cc(C(C)(C)C)cc(c23)[CH-]1. The van der Waals surface area contributed by atoms with Crippen molar-refractivity contribution in [3.05, 3.63) is 82.4 Å². The van der Waals surface area contributed by atoms with Crippen LogP contribution in [0, 0.1) is 6.54 Å². The number of benzene rings is 3. The molecule has 0 aliphatic carbocycles. The highest BCUT2D eigenvalue weighted by atomic mass is 15.0. The standard InChI is InChI=1S/C32H41N/c1-20(2)27-12-11-13-28(21(3)4)30(27)33-18-23-16-25(31(5,6)7)14-22-15-26(32(8,9)10)17-24(19-33)29(22)23/h11-21H,1-10H3. The molecule has 0 saturated heterocycles. The lowest BCUT2D eigenvalue weighted by molar-refractivity contribution is -0.384. The molecule has 1 heteroatoms. The van der Waals surface area contributed by atoms with Gasteiger partial charge in [-0.3, -0.25) is 4.58 Å². The van der Waals surface area contributed by atoms with E-state index < -0.39 is 0 Å². The summed E-state index contributed by atoms with van der Waals surface area (Å²) in [5.41, 5.74) is 9.79. The van der Waals surface area contributed by atoms with Crippen LogP contribution in [0.15, 0.2) is 42.5 Å². The molecule has 0 radical (unpaired) electrons. The van der Waals surface area contributed by atoms with Crippen LogP contribution in [-0.2, 0) is 10.8 Å². The van der Waals surface area contributed by atoms with Crippen molar-refractivity contribution in [2.45, 2.75) is 91.9 Å². The zero-order valence-electron chi connectivity index (χ0n) is 22.3. The Bertz CT molecular complexity index is 1210. The van der Waals surface area contributed by atoms with Crippen LogP contribution in [0.2, 0.25) is 0 Å². The molecule has 0 atom stereocenters. The molecule has 174 valence electrons. The molecule has 0 unspecified atom stereocenters. The third-order valence-corrected chi connectivity index (χ3v) is 7.00. The molecule has 0 bridgehead atoms. The van der Waals surface area contributed by atoms with Gasteiger partial charge in [0.05, 0.1) is 0 Å². The minimum Gasteiger partial charge on any atom is -0.263 e. The van der Waals surface area contributed by atoms with E-state index in [0.29, 0.717) is 11.8 Å². The molecule has 0 fully saturated rings. The van der Waals surface area contributed by atoms with Gasteiger partial charge in [0.25, 0.3) is 0 Å². The van der Waals surface area contributed by atoms with E-state index in [4.69, 9.17) is 0 Å². The first-order valence-electron chi connectivity index (χ1n) is 12.5. The number of rotatable bonds is 3. The van der Waals surface area contributed by atoms with Gasteiger partial charge >= 0.3 is 0 Å². The molecule has 4 rings (SSSR count). The number of hydrogen-bond donors (Lipinski definition) is 0. The van der Waals surface area contributed by atoms with Gasteiger partial charge in [-0.25, -0.2) is 0 Å². The summed E-state index contributed by atoms with van der Waals surface area (Å²) in [6.07, 6.45) is 2.37. The van der Waals surface area contributed by atoms with Crippen LogP contribution in [0.4, 0.5) is 5.69 Å². The van der Waals surface area contributed by atoms with Gasteiger partial charge in [-0.2, -0.15) is 0 Å². The summed E-state index contributed by atoms with van der Waals surface area (Å²) in [7, 11) is 0. The zero-order chi connectivity index (χ0) is 24.3. The van der Waals surface area contributed by atoms with Crippen LogP contribution in [0.25, 0.3) is 10.8 Å². The molecule has 0 N–H and O–H groups in total. The van der Waals surface area contributed by atoms with Gasteiger partial charge in [-0.1, -0.05) is 128 Å². The Morgan fingerprint density at radius 3 is 1.73 bits per heavy atom. The molecule has 0 amide bonds. The molecule has 1 aliphatic rings. The Hall–Kier alpha value is -2.54. The number of nitrogens with zero attached hydrogens (tertiary/aromatic N) is 1. The summed E-state index contributed by atoms with van der Waals surface area (Å²) < 4.78 is 2.42. The third-order valence-electron chi connectivity index (χ3n) is 7.00. The second-order valence-corrected chi connectivity index (χ2v) is 12.5. The molecule has 0 aromatic heterocycles. The molecule has 33 heavy (non-hydrogen) atoms. The smallest absolute Gasteiger partial charge is 0.155 e. The maximum Gasteiger partial charge on any atom is 0.155 e. The van der Waals surface area contributed by atoms with Gasteiger partial charge in [0.15, 0.2) is 5.69 Å². The summed E-state index contributed by atoms with van der Waals surface area (Å²) in [6, 6.07) is 16.5. The third kappa shape index (κ3) is 4.35. The fourth-order valence-corrected chi connectivity index (χ4v) is 4.93. The predicted molar refractivity (Wildman–Crippen MR) is 144 cm³/mol. The molecule has 1 heterocycles. The highest BCUT2D eigenvalue weighted by Crippen LogP contribution is 2.40. The highest BCUT2D eigenvalue weighted by molar-refractivity contribution is 6.03. The minimum absolute atomic E-state index is 0.0986. The van der Waals surface area contributed by atoms with Crippen molar-refractivity contribution in [1.82, 2.24) is 0 Å². The fraction of sp³-hybridized carbons (Fsp3) is 0.438. The molecule has 1 aliphatic heterocycles. The van der Waals surface area contributed by atoms with E-state index in [9.17, 15) is 0 Å². The maximum atomic E-state index is 2.42. The maximum absolute atomic E-state index is 2.42. The van der Waals surface area contributed by atoms with E-state index in [1.54, 1.807) is 0 Å². The van der Waals surface area contributed by atoms with Crippen LogP contribution in [0.3, 0.4) is 0 Å². The molecule has 0 spiro atoms. The van der Waals surface area contributed by atoms with Crippen molar-refractivity contribution < 1.29 is 4.58 Å². The van der Waals surface area contributed by atoms with E-state index in [0.717, 1.165) is 0 Å². The lowest BCUT2D eigenvalue weighted by Crippen LogP contribution is -2.19. The lowest BCUT2D eigenvalue weighted by atomic mass is 9.80. The van der Waals surface area contributed by atoms with E-state index in [1.165, 1.54) is 49.8 Å². The first-order chi connectivity index (χ1) is 15.3. The summed E-state index contributed by atoms with van der Waals surface area (Å²) in [6.45, 7) is 25.5. The molecule has 3 aromatic carbocycles. The van der Waals surface area contributed by atoms with Gasteiger partial charge in [0.1, 0.15) is 12.8 Å². The Morgan fingerprint density at radius 1 is 0.727 bits per heavy atom. The minimum atomic E-state index is 0.0986. The average Bonchev–Trinajstić information content (AvgIpc) is 2.71. The summed E-state index contributed by atoms with van der Waals surface area (Å²) in [4.78, 5) is 0. The molecular weight excluding hydrogens is 398 g/mol. The first-order valence-corrected chi connectivity index (χ1v) is 12.5. The van der Waals surface area contributed by atoms with Gasteiger partial charge < -0.3 is 0 Å². The average molecular weight is 440 g/mol. The Morgan fingerprint density at radius 2 is 1.24 bits per heavy atom. The van der Waals surface area contributed by atoms with Gasteiger partial charge in [-0.15, -0.1) is 6.07 Å². The predicted octanol–water partition coefficient (Wildman–Crippen LogP) is 8.97. The van der Waals surface area contributed by atoms with Gasteiger partial charge in [0.2, 0.25) is 0 Å². The first kappa shape index (κ1) is 23.6. The van der Waals surface area contributed by atoms with Gasteiger partial charge in [-0.05, 0) is 44.9 Å². The summed E-state index contributed by atoms with van der Waals surface area (Å²) in [5, 5.41) is 2.73. The van der Waals surface area contributed by atoms with Crippen molar-refractivity contribution >= 4 is 22.7 Å². The van der Waals surface area contributed by atoms with Crippen LogP contribution >= 0.6 is 0 Å². The molecular formula is C32H41N. The normalized spacial score (nSPS) is 14.1. The van der Waals surface area contributed by atoms with E-state index >= 15 is 0 Å². The molecule has 3 aromatic rings. The molecule has 0 saturated carbocycles. The Balaban J connectivity index is 2.06. The van der Waals surface area contributed by atoms with Crippen molar-refractivity contribution in [3.8, 4) is 0 Å². The van der Waals surface area contributed by atoms with Crippen LogP contribution < -0.4 is 0 Å². The Labute approximate surface area is 201 Å². The Kier molecular flexibility index (Phi) is 5.76. The van der Waals surface area contributed by atoms with Crippen molar-refractivity contribution in [2.24, 2.45) is 0 Å². The fourth-order valence-electron chi connectivity index (χ4n) is 4.93. The topological polar surface area (TPSA) is 3.01 Å². The van der Waals surface area contributed by atoms with E-state index in [-0.39, 0.29) is 10.8 Å². The largest absolute Gasteiger partial charge is 0.263 e. The lowest BCUT2D eigenvalue weighted by Gasteiger charge is -2.30. The number of para-hydroxylation sites is 1. The number of hydrogen-bond acceptors (Lipinski definition) is 0. The second kappa shape index (κ2) is 8.05. The van der Waals surface area contributed by atoms with E-state index in [1.807, 2.05) is 0 Å². The van der Waals surface area contributed by atoms with E-state index in [2.05, 4.69) is 129 Å². The van der Waals surface area contributed by atoms with Crippen LogP contribution in [-0.4, -0.2) is 10.8 Å². The van der Waals surface area contributed by atoms with Gasteiger partial charge in [0, 0.05) is 0 Å². The van der Waals surface area contributed by atoms with Crippen molar-refractivity contribution in [3.63, 3.8) is 0 Å². The molecule has 1 nitrogen and oxygen atoms in total. The van der Waals surface area contributed by atoms with Crippen LogP contribution in [0.1, 0.15) is 114 Å². The van der Waals surface area contributed by atoms with Crippen LogP contribution in [0.5, 0.6) is 0 Å². The van der Waals surface area contributed by atoms with Crippen molar-refractivity contribution in [1.29, 1.82) is 0 Å². The summed E-state index contributed by atoms with van der Waals surface area (Å²) in [5.74, 6) is 0.924. The monoisotopic (exact) mass is 439 g/mol. The summed E-state index contributed by atoms with van der Waals surface area (Å²) >= 11 is 0. The zero-order valence-corrected chi connectivity index (χ0v) is 22.3. The highest BCUT2D eigenvalue weighted by Gasteiger charge is 2.26.